The number of amides is 2. The Balaban J connectivity index is 1.44. The zero-order valence-electron chi connectivity index (χ0n) is 14.2. The fourth-order valence-corrected chi connectivity index (χ4v) is 4.45. The van der Waals surface area contributed by atoms with Crippen molar-refractivity contribution >= 4 is 23.2 Å². The predicted octanol–water partition coefficient (Wildman–Crippen LogP) is 2.76. The van der Waals surface area contributed by atoms with Gasteiger partial charge in [-0.25, -0.2) is 4.98 Å². The molecule has 0 aromatic carbocycles. The van der Waals surface area contributed by atoms with Crippen molar-refractivity contribution in [3.05, 3.63) is 40.2 Å². The first-order chi connectivity index (χ1) is 12.1. The van der Waals surface area contributed by atoms with Gasteiger partial charge in [-0.2, -0.15) is 0 Å². The van der Waals surface area contributed by atoms with Gasteiger partial charge in [0, 0.05) is 24.9 Å². The average molecular weight is 359 g/mol. The number of furan rings is 1. The maximum Gasteiger partial charge on any atom is 0.228 e. The summed E-state index contributed by atoms with van der Waals surface area (Å²) in [5.74, 6) is 0.597. The van der Waals surface area contributed by atoms with Gasteiger partial charge in [0.15, 0.2) is 0 Å². The van der Waals surface area contributed by atoms with E-state index in [9.17, 15) is 9.59 Å². The van der Waals surface area contributed by atoms with Crippen LogP contribution in [0.4, 0.5) is 0 Å². The number of aryl methyl sites for hydroxylation is 1. The van der Waals surface area contributed by atoms with Crippen molar-refractivity contribution in [1.82, 2.24) is 14.8 Å². The van der Waals surface area contributed by atoms with Crippen LogP contribution in [0.1, 0.15) is 41.8 Å². The summed E-state index contributed by atoms with van der Waals surface area (Å²) in [5, 5.41) is 3.07. The SMILES string of the molecule is Cc1nc([C@H]2CCCN2C(=O)C2CC(=O)N(Cc3ccco3)C2)cs1. The summed E-state index contributed by atoms with van der Waals surface area (Å²) in [6, 6.07) is 3.72. The molecule has 0 N–H and O–H groups in total. The third kappa shape index (κ3) is 3.20. The summed E-state index contributed by atoms with van der Waals surface area (Å²) in [6.07, 6.45) is 3.83. The lowest BCUT2D eigenvalue weighted by molar-refractivity contribution is -0.136. The molecule has 2 aromatic heterocycles. The minimum absolute atomic E-state index is 0.0231. The van der Waals surface area contributed by atoms with E-state index >= 15 is 0 Å². The lowest BCUT2D eigenvalue weighted by Crippen LogP contribution is -2.37. The standard InChI is InChI=1S/C18H21N3O3S/c1-12-19-15(11-25-12)16-5-2-6-21(16)18(23)13-8-17(22)20(9-13)10-14-4-3-7-24-14/h3-4,7,11,13,16H,2,5-6,8-10H2,1H3/t13?,16-/m1/s1. The van der Waals surface area contributed by atoms with E-state index in [-0.39, 0.29) is 23.8 Å². The Labute approximate surface area is 150 Å². The second kappa shape index (κ2) is 6.63. The molecule has 2 aromatic rings. The Hall–Kier alpha value is -2.15. The van der Waals surface area contributed by atoms with Crippen LogP contribution in [0.25, 0.3) is 0 Å². The minimum atomic E-state index is -0.261. The number of carbonyl (C=O) groups is 2. The van der Waals surface area contributed by atoms with Crippen molar-refractivity contribution in [3.8, 4) is 0 Å². The van der Waals surface area contributed by atoms with Gasteiger partial charge in [-0.15, -0.1) is 11.3 Å². The molecule has 2 aliphatic heterocycles. The monoisotopic (exact) mass is 359 g/mol. The molecule has 0 saturated carbocycles. The molecule has 2 aliphatic rings. The number of likely N-dealkylation sites (tertiary alicyclic amines) is 2. The zero-order chi connectivity index (χ0) is 17.4. The Morgan fingerprint density at radius 3 is 3.08 bits per heavy atom. The molecule has 2 atom stereocenters. The summed E-state index contributed by atoms with van der Waals surface area (Å²) < 4.78 is 5.32. The number of carbonyl (C=O) groups excluding carboxylic acids is 2. The number of nitrogens with zero attached hydrogens (tertiary/aromatic N) is 3. The van der Waals surface area contributed by atoms with Crippen molar-refractivity contribution in [3.63, 3.8) is 0 Å². The zero-order valence-corrected chi connectivity index (χ0v) is 15.0. The fraction of sp³-hybridized carbons (Fsp3) is 0.500. The predicted molar refractivity (Wildman–Crippen MR) is 92.8 cm³/mol. The second-order valence-corrected chi connectivity index (χ2v) is 7.80. The van der Waals surface area contributed by atoms with Gasteiger partial charge >= 0.3 is 0 Å². The second-order valence-electron chi connectivity index (χ2n) is 6.74. The molecule has 6 nitrogen and oxygen atoms in total. The molecule has 0 aliphatic carbocycles. The average Bonchev–Trinajstić information content (AvgIpc) is 3.35. The van der Waals surface area contributed by atoms with Crippen LogP contribution >= 0.6 is 11.3 Å². The molecule has 25 heavy (non-hydrogen) atoms. The normalized spacial score (nSPS) is 23.6. The summed E-state index contributed by atoms with van der Waals surface area (Å²) >= 11 is 1.62. The Morgan fingerprint density at radius 2 is 2.36 bits per heavy atom. The maximum absolute atomic E-state index is 13.0. The quantitative estimate of drug-likeness (QED) is 0.842. The van der Waals surface area contributed by atoms with Gasteiger partial charge in [0.05, 0.1) is 35.5 Å². The van der Waals surface area contributed by atoms with Crippen LogP contribution < -0.4 is 0 Å². The molecule has 1 unspecified atom stereocenters. The number of aromatic nitrogens is 1. The van der Waals surface area contributed by atoms with Crippen molar-refractivity contribution in [2.45, 2.75) is 38.8 Å². The molecule has 2 saturated heterocycles. The van der Waals surface area contributed by atoms with E-state index in [4.69, 9.17) is 4.42 Å². The highest BCUT2D eigenvalue weighted by molar-refractivity contribution is 7.09. The molecular weight excluding hydrogens is 338 g/mol. The highest BCUT2D eigenvalue weighted by Gasteiger charge is 2.40. The van der Waals surface area contributed by atoms with E-state index < -0.39 is 0 Å². The number of thiazole rings is 1. The van der Waals surface area contributed by atoms with Crippen LogP contribution in [-0.2, 0) is 16.1 Å². The number of hydrogen-bond acceptors (Lipinski definition) is 5. The third-order valence-corrected chi connectivity index (χ3v) is 5.80. The number of rotatable bonds is 4. The van der Waals surface area contributed by atoms with Crippen molar-refractivity contribution in [2.24, 2.45) is 5.92 Å². The molecule has 4 heterocycles. The van der Waals surface area contributed by atoms with Gasteiger partial charge in [-0.05, 0) is 31.9 Å². The highest BCUT2D eigenvalue weighted by atomic mass is 32.1. The lowest BCUT2D eigenvalue weighted by atomic mass is 10.1. The molecule has 0 spiro atoms. The van der Waals surface area contributed by atoms with E-state index in [1.807, 2.05) is 24.0 Å². The Morgan fingerprint density at radius 1 is 1.48 bits per heavy atom. The smallest absolute Gasteiger partial charge is 0.228 e. The van der Waals surface area contributed by atoms with Gasteiger partial charge in [0.2, 0.25) is 11.8 Å². The molecular formula is C18H21N3O3S. The number of hydrogen-bond donors (Lipinski definition) is 0. The third-order valence-electron chi connectivity index (χ3n) is 5.00. The Kier molecular flexibility index (Phi) is 4.33. The molecule has 7 heteroatoms. The van der Waals surface area contributed by atoms with Crippen molar-refractivity contribution < 1.29 is 14.0 Å². The molecule has 0 radical (unpaired) electrons. The van der Waals surface area contributed by atoms with Crippen LogP contribution in [-0.4, -0.2) is 39.7 Å². The highest BCUT2D eigenvalue weighted by Crippen LogP contribution is 2.35. The molecule has 0 bridgehead atoms. The minimum Gasteiger partial charge on any atom is -0.467 e. The Bertz CT molecular complexity index is 770. The van der Waals surface area contributed by atoms with Gasteiger partial charge in [0.25, 0.3) is 0 Å². The van der Waals surface area contributed by atoms with Gasteiger partial charge in [-0.3, -0.25) is 9.59 Å². The summed E-state index contributed by atoms with van der Waals surface area (Å²) in [7, 11) is 0. The van der Waals surface area contributed by atoms with Crippen molar-refractivity contribution in [2.75, 3.05) is 13.1 Å². The van der Waals surface area contributed by atoms with Crippen molar-refractivity contribution in [1.29, 1.82) is 0 Å². The van der Waals surface area contributed by atoms with Gasteiger partial charge < -0.3 is 14.2 Å². The topological polar surface area (TPSA) is 66.7 Å². The first-order valence-corrected chi connectivity index (χ1v) is 9.52. The van der Waals surface area contributed by atoms with E-state index in [1.165, 1.54) is 0 Å². The fourth-order valence-electron chi connectivity index (χ4n) is 3.79. The van der Waals surface area contributed by atoms with E-state index in [0.717, 1.165) is 35.8 Å². The summed E-state index contributed by atoms with van der Waals surface area (Å²) in [6.45, 7) is 3.64. The molecule has 2 amide bonds. The van der Waals surface area contributed by atoms with Crippen LogP contribution in [0.3, 0.4) is 0 Å². The first kappa shape index (κ1) is 16.3. The first-order valence-electron chi connectivity index (χ1n) is 8.64. The molecule has 4 rings (SSSR count). The lowest BCUT2D eigenvalue weighted by Gasteiger charge is -2.26. The van der Waals surface area contributed by atoms with Crippen LogP contribution in [0, 0.1) is 12.8 Å². The van der Waals surface area contributed by atoms with Crippen LogP contribution in [0.15, 0.2) is 28.2 Å². The van der Waals surface area contributed by atoms with Crippen LogP contribution in [0.5, 0.6) is 0 Å². The van der Waals surface area contributed by atoms with E-state index in [2.05, 4.69) is 10.4 Å². The maximum atomic E-state index is 13.0. The van der Waals surface area contributed by atoms with Gasteiger partial charge in [-0.1, -0.05) is 0 Å². The summed E-state index contributed by atoms with van der Waals surface area (Å²) in [4.78, 5) is 33.5. The largest absolute Gasteiger partial charge is 0.467 e. The van der Waals surface area contributed by atoms with E-state index in [1.54, 1.807) is 22.5 Å². The summed E-state index contributed by atoms with van der Waals surface area (Å²) in [5.41, 5.74) is 0.991. The molecule has 132 valence electrons. The van der Waals surface area contributed by atoms with Gasteiger partial charge in [0.1, 0.15) is 5.76 Å². The van der Waals surface area contributed by atoms with Crippen LogP contribution in [0.2, 0.25) is 0 Å². The molecule has 2 fully saturated rings. The van der Waals surface area contributed by atoms with E-state index in [0.29, 0.717) is 19.5 Å².